The number of morpholine rings is 1. The smallest absolute Gasteiger partial charge is 0.432 e. The average Bonchev–Trinajstić information content (AvgIpc) is 3.54. The number of fused-ring (bicyclic) bond motifs is 2. The van der Waals surface area contributed by atoms with E-state index in [0.717, 1.165) is 71.1 Å². The fourth-order valence-corrected chi connectivity index (χ4v) is 7.54. The number of hydrogen-bond donors (Lipinski definition) is 3. The van der Waals surface area contributed by atoms with Crippen molar-refractivity contribution in [1.29, 1.82) is 0 Å². The second-order valence-electron chi connectivity index (χ2n) is 10.1. The molecule has 10 nitrogen and oxygen atoms in total. The summed E-state index contributed by atoms with van der Waals surface area (Å²) in [6.45, 7) is 3.41. The predicted molar refractivity (Wildman–Crippen MR) is 166 cm³/mol. The second-order valence-corrected chi connectivity index (χ2v) is 12.2. The summed E-state index contributed by atoms with van der Waals surface area (Å²) in [7, 11) is 0. The van der Waals surface area contributed by atoms with Crippen LogP contribution in [0.4, 0.5) is 16.2 Å². The lowest BCUT2D eigenvalue weighted by Gasteiger charge is -2.29. The third kappa shape index (κ3) is 5.76. The van der Waals surface area contributed by atoms with Gasteiger partial charge in [-0.3, -0.25) is 9.78 Å². The molecule has 0 amide bonds. The van der Waals surface area contributed by atoms with Gasteiger partial charge in [0.1, 0.15) is 0 Å². The highest BCUT2D eigenvalue weighted by molar-refractivity contribution is 8.05. The number of nitrogens with zero attached hydrogens (tertiary/aromatic N) is 4. The summed E-state index contributed by atoms with van der Waals surface area (Å²) in [6.07, 6.45) is 5.34. The molecular weight excluding hydrogens is 585 g/mol. The van der Waals surface area contributed by atoms with E-state index in [4.69, 9.17) is 9.84 Å². The zero-order valence-electron chi connectivity index (χ0n) is 22.8. The van der Waals surface area contributed by atoms with E-state index in [0.29, 0.717) is 25.3 Å². The Morgan fingerprint density at radius 1 is 0.977 bits per heavy atom. The molecule has 0 unspecified atom stereocenters. The minimum absolute atomic E-state index is 0.114. The van der Waals surface area contributed by atoms with Gasteiger partial charge in [0.15, 0.2) is 0 Å². The molecule has 12 heteroatoms. The zero-order chi connectivity index (χ0) is 29.3. The van der Waals surface area contributed by atoms with Crippen molar-refractivity contribution in [1.82, 2.24) is 19.7 Å². The number of aromatic amines is 1. The van der Waals surface area contributed by atoms with Gasteiger partial charge in [0.25, 0.3) is 0 Å². The Labute approximate surface area is 255 Å². The minimum atomic E-state index is -1.13. The standard InChI is InChI=1S/C31H26N6O4S2/c38-29-13-23(36-6-8-41-9-7-36)12-25(35-29)24-2-1-3-27-30(24)43-26-5-4-22(11-28(26)42-27)33-15-19-10-20(16-32-14-19)21-17-34-37(18-21)31(39)40/h1-5,10-14,16-18,33H,6-9,15H2,(H,35,38)(H,39,40). The highest BCUT2D eigenvalue weighted by Crippen LogP contribution is 2.52. The first-order chi connectivity index (χ1) is 21.0. The van der Waals surface area contributed by atoms with Gasteiger partial charge in [-0.25, -0.2) is 4.79 Å². The Hall–Kier alpha value is -4.52. The fraction of sp³-hybridized carbons (Fsp3) is 0.161. The third-order valence-electron chi connectivity index (χ3n) is 7.25. The van der Waals surface area contributed by atoms with Crippen molar-refractivity contribution < 1.29 is 14.6 Å². The van der Waals surface area contributed by atoms with Crippen LogP contribution in [0.3, 0.4) is 0 Å². The Morgan fingerprint density at radius 2 is 1.86 bits per heavy atom. The van der Waals surface area contributed by atoms with Crippen LogP contribution in [-0.4, -0.2) is 57.3 Å². The topological polar surface area (TPSA) is 125 Å². The summed E-state index contributed by atoms with van der Waals surface area (Å²) in [5, 5.41) is 16.5. The molecule has 2 aliphatic heterocycles. The number of rotatable bonds is 6. The van der Waals surface area contributed by atoms with Crippen LogP contribution < -0.4 is 15.8 Å². The highest BCUT2D eigenvalue weighted by atomic mass is 32.2. The van der Waals surface area contributed by atoms with Crippen molar-refractivity contribution >= 4 is 41.0 Å². The lowest BCUT2D eigenvalue weighted by molar-refractivity contribution is 0.122. The summed E-state index contributed by atoms with van der Waals surface area (Å²) in [5.41, 5.74) is 6.06. The molecule has 216 valence electrons. The lowest BCUT2D eigenvalue weighted by atomic mass is 10.1. The summed E-state index contributed by atoms with van der Waals surface area (Å²) in [4.78, 5) is 38.0. The maximum absolute atomic E-state index is 12.6. The van der Waals surface area contributed by atoms with Crippen LogP contribution in [0.5, 0.6) is 0 Å². The normalized spacial score (nSPS) is 14.2. The van der Waals surface area contributed by atoms with E-state index in [1.807, 2.05) is 12.1 Å². The van der Waals surface area contributed by atoms with Crippen molar-refractivity contribution in [3.05, 3.63) is 95.3 Å². The molecule has 3 aromatic heterocycles. The molecule has 1 saturated heterocycles. The monoisotopic (exact) mass is 610 g/mol. The summed E-state index contributed by atoms with van der Waals surface area (Å²) in [6, 6.07) is 18.3. The number of carboxylic acid groups (broad SMARTS) is 1. The molecule has 2 aromatic carbocycles. The van der Waals surface area contributed by atoms with Gasteiger partial charge in [0.05, 0.1) is 25.1 Å². The second kappa shape index (κ2) is 11.6. The fourth-order valence-electron chi connectivity index (χ4n) is 5.12. The highest BCUT2D eigenvalue weighted by Gasteiger charge is 2.22. The number of nitrogens with one attached hydrogen (secondary N) is 2. The van der Waals surface area contributed by atoms with Crippen LogP contribution in [0.15, 0.2) is 104 Å². The van der Waals surface area contributed by atoms with Crippen molar-refractivity contribution in [3.63, 3.8) is 0 Å². The van der Waals surface area contributed by atoms with Crippen LogP contribution in [0, 0.1) is 0 Å². The quantitative estimate of drug-likeness (QED) is 0.210. The molecule has 0 bridgehead atoms. The molecule has 7 rings (SSSR count). The largest absolute Gasteiger partial charge is 0.463 e. The van der Waals surface area contributed by atoms with Crippen LogP contribution in [-0.2, 0) is 11.3 Å². The van der Waals surface area contributed by atoms with Crippen molar-refractivity contribution in [2.45, 2.75) is 26.1 Å². The number of H-pyrrole nitrogens is 1. The van der Waals surface area contributed by atoms with E-state index in [1.54, 1.807) is 42.0 Å². The van der Waals surface area contributed by atoms with Crippen LogP contribution in [0.25, 0.3) is 22.4 Å². The maximum Gasteiger partial charge on any atom is 0.432 e. The molecule has 0 aliphatic carbocycles. The van der Waals surface area contributed by atoms with Gasteiger partial charge >= 0.3 is 6.09 Å². The average molecular weight is 611 g/mol. The molecule has 1 fully saturated rings. The zero-order valence-corrected chi connectivity index (χ0v) is 24.5. The van der Waals surface area contributed by atoms with Gasteiger partial charge < -0.3 is 25.0 Å². The van der Waals surface area contributed by atoms with E-state index >= 15 is 0 Å². The minimum Gasteiger partial charge on any atom is -0.463 e. The number of ether oxygens (including phenoxy) is 1. The van der Waals surface area contributed by atoms with E-state index in [1.165, 1.54) is 12.4 Å². The molecule has 3 N–H and O–H groups in total. The number of hydrogen-bond acceptors (Lipinski definition) is 9. The van der Waals surface area contributed by atoms with Gasteiger partial charge in [0.2, 0.25) is 5.56 Å². The molecule has 2 aliphatic rings. The van der Waals surface area contributed by atoms with Crippen molar-refractivity contribution in [2.75, 3.05) is 36.5 Å². The van der Waals surface area contributed by atoms with Crippen molar-refractivity contribution in [3.8, 4) is 22.4 Å². The van der Waals surface area contributed by atoms with Crippen LogP contribution in [0.2, 0.25) is 0 Å². The first kappa shape index (κ1) is 27.3. The number of anilines is 2. The first-order valence-electron chi connectivity index (χ1n) is 13.7. The number of benzene rings is 2. The van der Waals surface area contributed by atoms with Gasteiger partial charge in [0, 0.05) is 91.9 Å². The molecule has 0 radical (unpaired) electrons. The molecule has 0 saturated carbocycles. The first-order valence-corrected chi connectivity index (χ1v) is 15.3. The molecule has 0 spiro atoms. The number of pyridine rings is 2. The van der Waals surface area contributed by atoms with E-state index in [9.17, 15) is 9.59 Å². The van der Waals surface area contributed by atoms with E-state index in [-0.39, 0.29) is 5.56 Å². The third-order valence-corrected chi connectivity index (χ3v) is 9.85. The Morgan fingerprint density at radius 3 is 2.70 bits per heavy atom. The van der Waals surface area contributed by atoms with Gasteiger partial charge in [-0.2, -0.15) is 9.78 Å². The van der Waals surface area contributed by atoms with E-state index < -0.39 is 6.09 Å². The SMILES string of the molecule is O=C(O)n1cc(-c2cncc(CNc3ccc4c(c3)Sc3cccc(-c5cc(N6CCOCC6)cc(=O)[nH]5)c3S4)c2)cn1. The molecule has 5 heterocycles. The van der Waals surface area contributed by atoms with Crippen LogP contribution in [0.1, 0.15) is 5.56 Å². The number of carbonyl (C=O) groups is 1. The van der Waals surface area contributed by atoms with Crippen LogP contribution >= 0.6 is 23.5 Å². The number of aromatic nitrogens is 4. The lowest BCUT2D eigenvalue weighted by Crippen LogP contribution is -2.36. The molecular formula is C31H26N6O4S2. The molecule has 43 heavy (non-hydrogen) atoms. The Kier molecular flexibility index (Phi) is 7.39. The predicted octanol–water partition coefficient (Wildman–Crippen LogP) is 5.89. The Bertz CT molecular complexity index is 1900. The van der Waals surface area contributed by atoms with Gasteiger partial charge in [-0.05, 0) is 42.0 Å². The van der Waals surface area contributed by atoms with E-state index in [2.05, 4.69) is 61.7 Å². The molecule has 5 aromatic rings. The van der Waals surface area contributed by atoms with Crippen molar-refractivity contribution in [2.24, 2.45) is 0 Å². The maximum atomic E-state index is 12.6. The van der Waals surface area contributed by atoms with Gasteiger partial charge in [-0.15, -0.1) is 0 Å². The summed E-state index contributed by atoms with van der Waals surface area (Å²) in [5.74, 6) is 0. The Balaban J connectivity index is 1.09. The molecule has 0 atom stereocenters. The van der Waals surface area contributed by atoms with Gasteiger partial charge in [-0.1, -0.05) is 35.7 Å². The summed E-state index contributed by atoms with van der Waals surface area (Å²) < 4.78 is 6.37. The summed E-state index contributed by atoms with van der Waals surface area (Å²) >= 11 is 3.43.